The van der Waals surface area contributed by atoms with Gasteiger partial charge in [-0.3, -0.25) is 15.1 Å². The van der Waals surface area contributed by atoms with Gasteiger partial charge in [-0.25, -0.2) is 23.1 Å². The lowest BCUT2D eigenvalue weighted by Gasteiger charge is -2.42. The van der Waals surface area contributed by atoms with Crippen LogP contribution in [0.3, 0.4) is 0 Å². The molecule has 2 fully saturated rings. The third kappa shape index (κ3) is 4.64. The first-order valence-corrected chi connectivity index (χ1v) is 12.5. The van der Waals surface area contributed by atoms with Crippen LogP contribution >= 0.6 is 11.8 Å². The number of carbonyl (C=O) groups is 1. The lowest BCUT2D eigenvalue weighted by Crippen LogP contribution is -2.61. The van der Waals surface area contributed by atoms with Crippen LogP contribution in [0.4, 0.5) is 19.1 Å². The molecule has 1 amide bonds. The van der Waals surface area contributed by atoms with E-state index in [1.165, 1.54) is 31.7 Å². The molecule has 2 aromatic heterocycles. The van der Waals surface area contributed by atoms with E-state index in [0.29, 0.717) is 30.1 Å². The van der Waals surface area contributed by atoms with E-state index in [-0.39, 0.29) is 23.5 Å². The van der Waals surface area contributed by atoms with Crippen molar-refractivity contribution in [2.24, 2.45) is 5.92 Å². The summed E-state index contributed by atoms with van der Waals surface area (Å²) in [6.07, 6.45) is 2.14. The van der Waals surface area contributed by atoms with Gasteiger partial charge in [-0.05, 0) is 38.1 Å². The highest BCUT2D eigenvalue weighted by Gasteiger charge is 2.53. The van der Waals surface area contributed by atoms with Crippen LogP contribution < -0.4 is 15.5 Å². The van der Waals surface area contributed by atoms with Crippen molar-refractivity contribution < 1.29 is 18.0 Å². The molecule has 2 aliphatic rings. The van der Waals surface area contributed by atoms with Gasteiger partial charge in [0, 0.05) is 30.3 Å². The van der Waals surface area contributed by atoms with Crippen LogP contribution in [0.2, 0.25) is 0 Å². The summed E-state index contributed by atoms with van der Waals surface area (Å²) in [7, 11) is 0. The predicted octanol–water partition coefficient (Wildman–Crippen LogP) is 3.74. The largest absolute Gasteiger partial charge is 0.338 e. The Bertz CT molecular complexity index is 1260. The van der Waals surface area contributed by atoms with Crippen molar-refractivity contribution >= 4 is 23.6 Å². The Morgan fingerprint density at radius 1 is 1.17 bits per heavy atom. The molecule has 1 aromatic carbocycles. The summed E-state index contributed by atoms with van der Waals surface area (Å²) < 4.78 is 42.6. The van der Waals surface area contributed by atoms with Crippen molar-refractivity contribution in [3.05, 3.63) is 83.4 Å². The Kier molecular flexibility index (Phi) is 6.37. The standard InChI is InChI=1S/C25H25F3N6OS/c1-24(2,28)20-18(27)11-30-22(31-20)34-12-16-13-36-23(32-21(35)15-6-4-3-5-7-15)33-25(16,14-34)19-9-8-17(26)10-29-19/h3-11,16,23,33H,12-14H2,1-2H3,(H,32,35)/t16-,23?,25-/m0/s1. The number of carbonyl (C=O) groups excluding carboxylic acids is 1. The van der Waals surface area contributed by atoms with Gasteiger partial charge in [-0.1, -0.05) is 18.2 Å². The second kappa shape index (κ2) is 9.36. The van der Waals surface area contributed by atoms with Gasteiger partial charge in [0.15, 0.2) is 5.82 Å². The van der Waals surface area contributed by atoms with E-state index < -0.39 is 28.3 Å². The average Bonchev–Trinajstić information content (AvgIpc) is 3.24. The number of hydrogen-bond donors (Lipinski definition) is 2. The number of nitrogens with zero attached hydrogens (tertiary/aromatic N) is 4. The molecule has 0 saturated carbocycles. The number of amides is 1. The van der Waals surface area contributed by atoms with E-state index in [1.807, 2.05) is 11.0 Å². The number of nitrogens with one attached hydrogen (secondary N) is 2. The SMILES string of the molecule is CC(C)(F)c1nc(N2C[C@H]3CSC(NC(=O)c4ccccc4)N[C@@]3(c3ccc(F)cn3)C2)ncc1F. The fourth-order valence-electron chi connectivity index (χ4n) is 4.72. The number of thioether (sulfide) groups is 1. The molecule has 7 nitrogen and oxygen atoms in total. The highest BCUT2D eigenvalue weighted by atomic mass is 32.2. The van der Waals surface area contributed by atoms with Gasteiger partial charge < -0.3 is 10.2 Å². The zero-order valence-corrected chi connectivity index (χ0v) is 20.5. The zero-order valence-electron chi connectivity index (χ0n) is 19.7. The second-order valence-electron chi connectivity index (χ2n) is 9.45. The molecule has 3 aromatic rings. The van der Waals surface area contributed by atoms with E-state index in [1.54, 1.807) is 30.3 Å². The van der Waals surface area contributed by atoms with Crippen LogP contribution in [0.25, 0.3) is 0 Å². The summed E-state index contributed by atoms with van der Waals surface area (Å²) in [5.74, 6) is -0.684. The van der Waals surface area contributed by atoms with Crippen LogP contribution in [-0.4, -0.2) is 45.2 Å². The summed E-state index contributed by atoms with van der Waals surface area (Å²) >= 11 is 1.53. The molecule has 3 atom stereocenters. The molecule has 0 aliphatic carbocycles. The van der Waals surface area contributed by atoms with Crippen molar-refractivity contribution in [2.75, 3.05) is 23.7 Å². The number of fused-ring (bicyclic) bond motifs is 1. The third-order valence-electron chi connectivity index (χ3n) is 6.49. The fourth-order valence-corrected chi connectivity index (χ4v) is 6.01. The molecule has 5 rings (SSSR count). The van der Waals surface area contributed by atoms with Crippen molar-refractivity contribution in [3.8, 4) is 0 Å². The van der Waals surface area contributed by atoms with Crippen LogP contribution in [0.15, 0.2) is 54.9 Å². The minimum absolute atomic E-state index is 0.0270. The Morgan fingerprint density at radius 2 is 1.94 bits per heavy atom. The molecule has 0 bridgehead atoms. The third-order valence-corrected chi connectivity index (χ3v) is 7.65. The van der Waals surface area contributed by atoms with Crippen LogP contribution in [0, 0.1) is 17.6 Å². The number of pyridine rings is 1. The molecule has 0 radical (unpaired) electrons. The Hall–Kier alpha value is -3.18. The highest BCUT2D eigenvalue weighted by Crippen LogP contribution is 2.43. The highest BCUT2D eigenvalue weighted by molar-refractivity contribution is 7.99. The topological polar surface area (TPSA) is 83.0 Å². The van der Waals surface area contributed by atoms with Gasteiger partial charge in [-0.15, -0.1) is 11.8 Å². The number of halogens is 3. The summed E-state index contributed by atoms with van der Waals surface area (Å²) in [6.45, 7) is 3.28. The number of benzene rings is 1. The Balaban J connectivity index is 1.46. The number of anilines is 1. The predicted molar refractivity (Wildman–Crippen MR) is 131 cm³/mol. The zero-order chi connectivity index (χ0) is 25.5. The maximum atomic E-state index is 14.6. The summed E-state index contributed by atoms with van der Waals surface area (Å²) in [5, 5.41) is 6.53. The average molecular weight is 515 g/mol. The van der Waals surface area contributed by atoms with Crippen molar-refractivity contribution in [3.63, 3.8) is 0 Å². The lowest BCUT2D eigenvalue weighted by atomic mass is 9.84. The van der Waals surface area contributed by atoms with Crippen molar-refractivity contribution in [1.82, 2.24) is 25.6 Å². The molecule has 0 spiro atoms. The normalized spacial score (nSPS) is 23.9. The molecule has 2 saturated heterocycles. The van der Waals surface area contributed by atoms with Gasteiger partial charge in [0.25, 0.3) is 5.91 Å². The number of alkyl halides is 1. The molecule has 4 heterocycles. The van der Waals surface area contributed by atoms with E-state index >= 15 is 0 Å². The van der Waals surface area contributed by atoms with Crippen LogP contribution in [0.1, 0.15) is 35.6 Å². The van der Waals surface area contributed by atoms with E-state index in [0.717, 1.165) is 12.4 Å². The monoisotopic (exact) mass is 514 g/mol. The molecular weight excluding hydrogens is 489 g/mol. The molecule has 2 N–H and O–H groups in total. The maximum Gasteiger partial charge on any atom is 0.253 e. The quantitative estimate of drug-likeness (QED) is 0.537. The molecule has 11 heteroatoms. The van der Waals surface area contributed by atoms with Gasteiger partial charge in [0.2, 0.25) is 5.95 Å². The summed E-state index contributed by atoms with van der Waals surface area (Å²) in [6, 6.07) is 11.8. The Labute approximate surface area is 210 Å². The van der Waals surface area contributed by atoms with Gasteiger partial charge in [0.05, 0.1) is 23.6 Å². The van der Waals surface area contributed by atoms with Crippen molar-refractivity contribution in [2.45, 2.75) is 30.6 Å². The first-order chi connectivity index (χ1) is 17.2. The van der Waals surface area contributed by atoms with Crippen LogP contribution in [-0.2, 0) is 11.2 Å². The molecular formula is C25H25F3N6OS. The molecule has 1 unspecified atom stereocenters. The minimum Gasteiger partial charge on any atom is -0.338 e. The molecule has 2 aliphatic heterocycles. The van der Waals surface area contributed by atoms with Gasteiger partial charge >= 0.3 is 0 Å². The first kappa shape index (κ1) is 24.5. The molecule has 188 valence electrons. The smallest absolute Gasteiger partial charge is 0.253 e. The maximum absolute atomic E-state index is 14.6. The van der Waals surface area contributed by atoms with E-state index in [4.69, 9.17) is 0 Å². The Morgan fingerprint density at radius 3 is 2.64 bits per heavy atom. The molecule has 36 heavy (non-hydrogen) atoms. The van der Waals surface area contributed by atoms with Crippen molar-refractivity contribution in [1.29, 1.82) is 0 Å². The van der Waals surface area contributed by atoms with Gasteiger partial charge in [0.1, 0.15) is 22.7 Å². The summed E-state index contributed by atoms with van der Waals surface area (Å²) in [5.41, 5.74) is -2.39. The summed E-state index contributed by atoms with van der Waals surface area (Å²) in [4.78, 5) is 27.4. The number of hydrogen-bond acceptors (Lipinski definition) is 7. The second-order valence-corrected chi connectivity index (χ2v) is 10.6. The minimum atomic E-state index is -1.98. The first-order valence-electron chi connectivity index (χ1n) is 11.5. The van der Waals surface area contributed by atoms with E-state index in [2.05, 4.69) is 25.6 Å². The lowest BCUT2D eigenvalue weighted by molar-refractivity contribution is 0.0932. The van der Waals surface area contributed by atoms with E-state index in [9.17, 15) is 18.0 Å². The number of aromatic nitrogens is 3. The number of rotatable bonds is 5. The van der Waals surface area contributed by atoms with Crippen LogP contribution in [0.5, 0.6) is 0 Å². The van der Waals surface area contributed by atoms with Gasteiger partial charge in [-0.2, -0.15) is 0 Å². The fraction of sp³-hybridized carbons (Fsp3) is 0.360.